The zero-order valence-corrected chi connectivity index (χ0v) is 14.2. The molecule has 1 aliphatic rings. The lowest BCUT2D eigenvalue weighted by atomic mass is 9.83. The Morgan fingerprint density at radius 1 is 1.22 bits per heavy atom. The first kappa shape index (κ1) is 17.7. The maximum Gasteiger partial charge on any atom is 0.331 e. The molecule has 0 heterocycles. The topological polar surface area (TPSA) is 44.4 Å². The molecule has 0 spiro atoms. The van der Waals surface area contributed by atoms with Crippen molar-refractivity contribution in [2.24, 2.45) is 0 Å². The smallest absolute Gasteiger partial charge is 0.331 e. The van der Waals surface area contributed by atoms with E-state index < -0.39 is 0 Å². The summed E-state index contributed by atoms with van der Waals surface area (Å²) < 4.78 is 12.9. The van der Waals surface area contributed by atoms with Crippen LogP contribution < -0.4 is 10.7 Å². The lowest BCUT2D eigenvalue weighted by Crippen LogP contribution is -2.60. The summed E-state index contributed by atoms with van der Waals surface area (Å²) in [5, 5.41) is 4.52. The summed E-state index contributed by atoms with van der Waals surface area (Å²) in [5.41, 5.74) is 4.31. The molecule has 0 unspecified atom stereocenters. The minimum atomic E-state index is -0.206. The van der Waals surface area contributed by atoms with E-state index in [1.807, 2.05) is 12.1 Å². The molecule has 1 aromatic carbocycles. The molecule has 1 aromatic rings. The molecule has 0 aliphatic heterocycles. The molecular weight excluding hydrogens is 293 g/mol. The molecule has 1 fully saturated rings. The Balaban J connectivity index is 1.86. The molecule has 128 valence electrons. The molecule has 0 saturated heterocycles. The van der Waals surface area contributed by atoms with Gasteiger partial charge in [0, 0.05) is 13.6 Å². The fourth-order valence-corrected chi connectivity index (χ4v) is 3.29. The molecule has 4 nitrogen and oxygen atoms in total. The highest BCUT2D eigenvalue weighted by molar-refractivity contribution is 5.74. The van der Waals surface area contributed by atoms with Gasteiger partial charge in [0.05, 0.1) is 5.54 Å². The van der Waals surface area contributed by atoms with Crippen molar-refractivity contribution in [1.29, 1.82) is 0 Å². The summed E-state index contributed by atoms with van der Waals surface area (Å²) in [4.78, 5) is 12.2. The fourth-order valence-electron chi connectivity index (χ4n) is 3.29. The number of hydrogen-bond donors (Lipinski definition) is 2. The molecule has 0 atom stereocenters. The minimum absolute atomic E-state index is 0.0730. The van der Waals surface area contributed by atoms with Gasteiger partial charge in [-0.1, -0.05) is 31.4 Å². The van der Waals surface area contributed by atoms with Crippen molar-refractivity contribution in [1.82, 2.24) is 15.8 Å². The second kappa shape index (κ2) is 8.29. The lowest BCUT2D eigenvalue weighted by molar-refractivity contribution is 0.0526. The zero-order valence-electron chi connectivity index (χ0n) is 14.2. The number of halogens is 1. The number of hydrazine groups is 1. The summed E-state index contributed by atoms with van der Waals surface area (Å²) in [6.45, 7) is 2.88. The van der Waals surface area contributed by atoms with Crippen LogP contribution in [0.25, 0.3) is 0 Å². The second-order valence-corrected chi connectivity index (χ2v) is 6.59. The van der Waals surface area contributed by atoms with Crippen LogP contribution in [0.4, 0.5) is 9.18 Å². The van der Waals surface area contributed by atoms with Crippen LogP contribution >= 0.6 is 0 Å². The second-order valence-electron chi connectivity index (χ2n) is 6.59. The number of urea groups is 1. The molecule has 2 rings (SSSR count). The highest BCUT2D eigenvalue weighted by Gasteiger charge is 2.36. The predicted octanol–water partition coefficient (Wildman–Crippen LogP) is 3.63. The molecule has 0 bridgehead atoms. The predicted molar refractivity (Wildman–Crippen MR) is 90.5 cm³/mol. The quantitative estimate of drug-likeness (QED) is 0.621. The number of carbonyl (C=O) groups is 1. The van der Waals surface area contributed by atoms with Gasteiger partial charge in [-0.15, -0.1) is 0 Å². The normalized spacial score (nSPS) is 16.8. The molecule has 2 N–H and O–H groups in total. The highest BCUT2D eigenvalue weighted by atomic mass is 19.1. The Morgan fingerprint density at radius 3 is 2.48 bits per heavy atom. The summed E-state index contributed by atoms with van der Waals surface area (Å²) in [7, 11) is 1.67. The van der Waals surface area contributed by atoms with E-state index in [2.05, 4.69) is 17.7 Å². The molecule has 23 heavy (non-hydrogen) atoms. The van der Waals surface area contributed by atoms with Gasteiger partial charge in [-0.2, -0.15) is 0 Å². The number of nitrogens with zero attached hydrogens (tertiary/aromatic N) is 1. The first-order valence-electron chi connectivity index (χ1n) is 8.55. The Hall–Kier alpha value is -1.62. The molecule has 5 heteroatoms. The van der Waals surface area contributed by atoms with Crippen molar-refractivity contribution in [3.8, 4) is 0 Å². The van der Waals surface area contributed by atoms with Crippen molar-refractivity contribution in [2.75, 3.05) is 13.6 Å². The molecule has 1 saturated carbocycles. The first-order chi connectivity index (χ1) is 11.0. The fraction of sp³-hybridized carbons (Fsp3) is 0.611. The number of carbonyl (C=O) groups excluding carboxylic acids is 1. The SMILES string of the molecule is CNC(=O)N(NCCCc1ccc(F)cc1)C1(C)CCCCC1. The van der Waals surface area contributed by atoms with Crippen molar-refractivity contribution in [2.45, 2.75) is 57.4 Å². The summed E-state index contributed by atoms with van der Waals surface area (Å²) in [6, 6.07) is 6.53. The van der Waals surface area contributed by atoms with Crippen LogP contribution in [0.5, 0.6) is 0 Å². The van der Waals surface area contributed by atoms with Gasteiger partial charge in [0.15, 0.2) is 0 Å². The Labute approximate surface area is 138 Å². The standard InChI is InChI=1S/C18H28FN3O/c1-18(12-4-3-5-13-18)22(17(23)20-2)21-14-6-7-15-8-10-16(19)11-9-15/h8-11,21H,3-7,12-14H2,1-2H3,(H,20,23). The highest BCUT2D eigenvalue weighted by Crippen LogP contribution is 2.32. The van der Waals surface area contributed by atoms with Gasteiger partial charge in [0.1, 0.15) is 5.82 Å². The van der Waals surface area contributed by atoms with Crippen molar-refractivity contribution >= 4 is 6.03 Å². The van der Waals surface area contributed by atoms with Crippen molar-refractivity contribution in [3.63, 3.8) is 0 Å². The van der Waals surface area contributed by atoms with Gasteiger partial charge in [0.2, 0.25) is 0 Å². The lowest BCUT2D eigenvalue weighted by Gasteiger charge is -2.43. The molecule has 0 radical (unpaired) electrons. The van der Waals surface area contributed by atoms with E-state index in [0.29, 0.717) is 0 Å². The molecule has 0 aromatic heterocycles. The van der Waals surface area contributed by atoms with Crippen LogP contribution in [0, 0.1) is 5.82 Å². The van der Waals surface area contributed by atoms with Gasteiger partial charge >= 0.3 is 6.03 Å². The number of hydrogen-bond acceptors (Lipinski definition) is 2. The maximum absolute atomic E-state index is 12.9. The van der Waals surface area contributed by atoms with Gasteiger partial charge in [-0.05, 0) is 50.3 Å². The van der Waals surface area contributed by atoms with E-state index in [4.69, 9.17) is 0 Å². The van der Waals surface area contributed by atoms with Gasteiger partial charge in [-0.3, -0.25) is 5.01 Å². The Morgan fingerprint density at radius 2 is 1.87 bits per heavy atom. The third kappa shape index (κ3) is 4.93. The average molecular weight is 321 g/mol. The van der Waals surface area contributed by atoms with Crippen LogP contribution in [-0.2, 0) is 6.42 Å². The average Bonchev–Trinajstić information content (AvgIpc) is 2.56. The number of aryl methyl sites for hydroxylation is 1. The van der Waals surface area contributed by atoms with E-state index >= 15 is 0 Å². The number of benzene rings is 1. The van der Waals surface area contributed by atoms with E-state index in [1.54, 1.807) is 12.1 Å². The van der Waals surface area contributed by atoms with E-state index in [9.17, 15) is 9.18 Å². The molecule has 1 aliphatic carbocycles. The molecule has 2 amide bonds. The summed E-state index contributed by atoms with van der Waals surface area (Å²) in [6.07, 6.45) is 7.42. The van der Waals surface area contributed by atoms with Crippen molar-refractivity contribution < 1.29 is 9.18 Å². The largest absolute Gasteiger partial charge is 0.340 e. The van der Waals surface area contributed by atoms with Crippen molar-refractivity contribution in [3.05, 3.63) is 35.6 Å². The van der Waals surface area contributed by atoms with Gasteiger partial charge in [-0.25, -0.2) is 14.6 Å². The number of rotatable bonds is 6. The Bertz CT molecular complexity index is 497. The summed E-state index contributed by atoms with van der Waals surface area (Å²) >= 11 is 0. The Kier molecular flexibility index (Phi) is 6.39. The monoisotopic (exact) mass is 321 g/mol. The van der Waals surface area contributed by atoms with E-state index in [-0.39, 0.29) is 17.4 Å². The van der Waals surface area contributed by atoms with E-state index in [0.717, 1.165) is 37.8 Å². The first-order valence-corrected chi connectivity index (χ1v) is 8.55. The third-order valence-electron chi connectivity index (χ3n) is 4.71. The minimum Gasteiger partial charge on any atom is -0.340 e. The molecular formula is C18H28FN3O. The van der Waals surface area contributed by atoms with Crippen LogP contribution in [0.1, 0.15) is 51.0 Å². The van der Waals surface area contributed by atoms with E-state index in [1.165, 1.54) is 31.4 Å². The third-order valence-corrected chi connectivity index (χ3v) is 4.71. The maximum atomic E-state index is 12.9. The van der Waals surface area contributed by atoms with Gasteiger partial charge in [0.25, 0.3) is 0 Å². The van der Waals surface area contributed by atoms with Crippen LogP contribution in [0.15, 0.2) is 24.3 Å². The number of nitrogens with one attached hydrogen (secondary N) is 2. The number of amides is 2. The van der Waals surface area contributed by atoms with Crippen LogP contribution in [0.2, 0.25) is 0 Å². The van der Waals surface area contributed by atoms with Gasteiger partial charge < -0.3 is 5.32 Å². The zero-order chi connectivity index (χ0) is 16.7. The van der Waals surface area contributed by atoms with Crippen LogP contribution in [-0.4, -0.2) is 30.2 Å². The summed E-state index contributed by atoms with van der Waals surface area (Å²) in [5.74, 6) is -0.206. The van der Waals surface area contributed by atoms with Crippen LogP contribution in [0.3, 0.4) is 0 Å².